The molecule has 0 aromatic rings. The van der Waals surface area contributed by atoms with Crippen molar-refractivity contribution in [3.05, 3.63) is 14.7 Å². The largest absolute Gasteiger partial charge is 0.979 e. The van der Waals surface area contributed by atoms with E-state index < -0.39 is 15.1 Å². The van der Waals surface area contributed by atoms with Crippen LogP contribution in [-0.2, 0) is 11.7 Å². The van der Waals surface area contributed by atoms with Crippen LogP contribution in [0.3, 0.4) is 0 Å². The van der Waals surface area contributed by atoms with E-state index >= 15 is 0 Å². The average molecular weight is 456 g/mol. The predicted octanol–water partition coefficient (Wildman–Crippen LogP) is 4.71. The minimum Gasteiger partial charge on any atom is -0.320 e. The zero-order valence-corrected chi connectivity index (χ0v) is 19.2. The van der Waals surface area contributed by atoms with Crippen LogP contribution in [0, 0.1) is 14.7 Å². The first-order chi connectivity index (χ1) is 15.2. The Morgan fingerprint density at radius 1 is 0.484 bits per heavy atom. The van der Waals surface area contributed by atoms with Crippen molar-refractivity contribution in [1.82, 2.24) is 15.5 Å². The second kappa shape index (κ2) is 13.2. The maximum absolute atomic E-state index is 11.5. The molecule has 0 aromatic heterocycles. The van der Waals surface area contributed by atoms with Crippen molar-refractivity contribution in [1.29, 1.82) is 0 Å². The number of hydrogen-bond donors (Lipinski definition) is 0. The molecular weight excluding hydrogens is 423 g/mol. The Balaban J connectivity index is 1.69. The Kier molecular flexibility index (Phi) is 10.4. The summed E-state index contributed by atoms with van der Waals surface area (Å²) in [6, 6.07) is -0.561. The molecule has 0 aliphatic heterocycles. The van der Waals surface area contributed by atoms with E-state index in [0.717, 1.165) is 112 Å². The highest BCUT2D eigenvalue weighted by atomic mass is 27.3. The molecular formula is C18H33AlN6O6. The molecule has 13 heteroatoms. The van der Waals surface area contributed by atoms with Crippen molar-refractivity contribution in [3.63, 3.8) is 0 Å². The van der Waals surface area contributed by atoms with Gasteiger partial charge in [-0.05, 0) is 38.5 Å². The molecule has 3 rings (SSSR count). The summed E-state index contributed by atoms with van der Waals surface area (Å²) < 4.78 is 17.3. The fraction of sp³-hybridized carbons (Fsp3) is 1.00. The fourth-order valence-electron chi connectivity index (χ4n) is 4.74. The lowest BCUT2D eigenvalue weighted by atomic mass is 9.96. The Morgan fingerprint density at radius 3 is 0.968 bits per heavy atom. The van der Waals surface area contributed by atoms with Gasteiger partial charge >= 0.3 is 15.1 Å². The van der Waals surface area contributed by atoms with Crippen LogP contribution in [0.4, 0.5) is 0 Å². The predicted molar refractivity (Wildman–Crippen MR) is 113 cm³/mol. The summed E-state index contributed by atoms with van der Waals surface area (Å²) in [7, 11) is 0. The molecule has 0 spiro atoms. The number of hydrogen-bond acceptors (Lipinski definition) is 9. The van der Waals surface area contributed by atoms with Gasteiger partial charge in [0.1, 0.15) is 0 Å². The molecule has 0 saturated heterocycles. The molecule has 12 nitrogen and oxygen atoms in total. The van der Waals surface area contributed by atoms with Gasteiger partial charge in [0.05, 0.1) is 34.0 Å². The normalized spacial score (nSPS) is 21.3. The maximum Gasteiger partial charge on any atom is 0.979 e. The Labute approximate surface area is 187 Å². The first-order valence-electron chi connectivity index (χ1n) is 11.6. The van der Waals surface area contributed by atoms with Crippen molar-refractivity contribution in [3.8, 4) is 0 Å². The molecule has 0 heterocycles. The van der Waals surface area contributed by atoms with Crippen LogP contribution < -0.4 is 0 Å². The molecule has 0 N–H and O–H groups in total. The Morgan fingerprint density at radius 2 is 0.742 bits per heavy atom. The molecule has 0 amide bonds. The van der Waals surface area contributed by atoms with Gasteiger partial charge in [-0.1, -0.05) is 57.8 Å². The molecule has 31 heavy (non-hydrogen) atoms. The number of rotatable bonds is 12. The summed E-state index contributed by atoms with van der Waals surface area (Å²) >= 11 is -3.28. The van der Waals surface area contributed by atoms with Gasteiger partial charge in [0, 0.05) is 0 Å². The van der Waals surface area contributed by atoms with Crippen LogP contribution in [0.15, 0.2) is 15.9 Å². The van der Waals surface area contributed by atoms with Crippen molar-refractivity contribution < 1.29 is 11.7 Å². The summed E-state index contributed by atoms with van der Waals surface area (Å²) in [4.78, 5) is 34.6. The van der Waals surface area contributed by atoms with Gasteiger partial charge in [0.2, 0.25) is 0 Å². The second-order valence-corrected chi connectivity index (χ2v) is 9.84. The minimum absolute atomic E-state index is 0.187. The van der Waals surface area contributed by atoms with Gasteiger partial charge in [0.15, 0.2) is 0 Å². The van der Waals surface area contributed by atoms with Crippen molar-refractivity contribution >= 4 is 15.1 Å². The highest BCUT2D eigenvalue weighted by Gasteiger charge is 2.46. The summed E-state index contributed by atoms with van der Waals surface area (Å²) in [5.41, 5.74) is 0. The van der Waals surface area contributed by atoms with E-state index in [1.165, 1.54) is 0 Å². The van der Waals surface area contributed by atoms with E-state index in [9.17, 15) is 14.7 Å². The summed E-state index contributed by atoms with van der Waals surface area (Å²) in [5, 5.41) is 12.0. The van der Waals surface area contributed by atoms with Crippen molar-refractivity contribution in [2.24, 2.45) is 15.9 Å². The summed E-state index contributed by atoms with van der Waals surface area (Å²) in [6.45, 7) is 0. The molecule has 0 aromatic carbocycles. The van der Waals surface area contributed by atoms with E-state index in [0.29, 0.717) is 0 Å². The summed E-state index contributed by atoms with van der Waals surface area (Å²) in [5.74, 6) is 0. The maximum atomic E-state index is 11.5. The third-order valence-electron chi connectivity index (χ3n) is 6.48. The van der Waals surface area contributed by atoms with Gasteiger partial charge in [-0.3, -0.25) is 0 Å². The van der Waals surface area contributed by atoms with Gasteiger partial charge < -0.3 is 11.7 Å². The SMILES string of the molecule is O=NN([O][Al]([O]N(N=O)C1CCCCC1)[O]N(N=O)C1CCCCC1)C1CCCCC1. The van der Waals surface area contributed by atoms with E-state index in [1.54, 1.807) is 0 Å². The van der Waals surface area contributed by atoms with Crippen LogP contribution >= 0.6 is 0 Å². The number of hydroxylamine groups is 3. The molecule has 0 unspecified atom stereocenters. The van der Waals surface area contributed by atoms with Crippen LogP contribution in [0.1, 0.15) is 96.3 Å². The van der Waals surface area contributed by atoms with Crippen molar-refractivity contribution in [2.45, 2.75) is 114 Å². The Bertz CT molecular complexity index is 484. The Hall–Kier alpha value is -1.39. The van der Waals surface area contributed by atoms with Crippen LogP contribution in [-0.4, -0.2) is 48.8 Å². The van der Waals surface area contributed by atoms with E-state index in [-0.39, 0.29) is 18.1 Å². The molecule has 0 radical (unpaired) electrons. The lowest BCUT2D eigenvalue weighted by Crippen LogP contribution is -2.48. The fourth-order valence-corrected chi connectivity index (χ4v) is 6.02. The second-order valence-electron chi connectivity index (χ2n) is 8.63. The third-order valence-corrected chi connectivity index (χ3v) is 7.65. The number of nitrogens with zero attached hydrogens (tertiary/aromatic N) is 6. The highest BCUT2D eigenvalue weighted by molar-refractivity contribution is 6.35. The van der Waals surface area contributed by atoms with Crippen LogP contribution in [0.5, 0.6) is 0 Å². The smallest absolute Gasteiger partial charge is 0.320 e. The van der Waals surface area contributed by atoms with Crippen LogP contribution in [0.2, 0.25) is 0 Å². The average Bonchev–Trinajstić information content (AvgIpc) is 2.85. The zero-order chi connectivity index (χ0) is 21.9. The molecule has 3 fully saturated rings. The van der Waals surface area contributed by atoms with E-state index in [4.69, 9.17) is 11.7 Å². The lowest BCUT2D eigenvalue weighted by Gasteiger charge is -2.35. The van der Waals surface area contributed by atoms with Gasteiger partial charge in [-0.2, -0.15) is 15.5 Å². The third kappa shape index (κ3) is 7.32. The van der Waals surface area contributed by atoms with Gasteiger partial charge in [-0.25, -0.2) is 0 Å². The van der Waals surface area contributed by atoms with Gasteiger partial charge in [-0.15, -0.1) is 14.7 Å². The molecule has 3 aliphatic rings. The molecule has 3 saturated carbocycles. The summed E-state index contributed by atoms with van der Waals surface area (Å²) in [6.07, 6.45) is 13.8. The molecule has 0 atom stereocenters. The number of nitroso groups, excluding NO2 is 3. The van der Waals surface area contributed by atoms with Crippen LogP contribution in [0.25, 0.3) is 0 Å². The zero-order valence-electron chi connectivity index (χ0n) is 18.0. The highest BCUT2D eigenvalue weighted by Crippen LogP contribution is 2.28. The lowest BCUT2D eigenvalue weighted by molar-refractivity contribution is -0.242. The standard InChI is InChI=1S/3C6H11N2O2.Al/c3*9-7-8(10)6-4-2-1-3-5-6;/h3*6H,1-5H2;/q3*-1;+3. The molecule has 174 valence electrons. The van der Waals surface area contributed by atoms with E-state index in [2.05, 4.69) is 15.9 Å². The van der Waals surface area contributed by atoms with E-state index in [1.807, 2.05) is 0 Å². The molecule has 3 aliphatic carbocycles. The van der Waals surface area contributed by atoms with Gasteiger partial charge in [0.25, 0.3) is 0 Å². The molecule has 0 bridgehead atoms. The topological polar surface area (TPSA) is 126 Å². The quantitative estimate of drug-likeness (QED) is 0.233. The monoisotopic (exact) mass is 456 g/mol. The first kappa shape index (κ1) is 24.3. The minimum atomic E-state index is -3.28. The first-order valence-corrected chi connectivity index (χ1v) is 13.0. The van der Waals surface area contributed by atoms with Crippen molar-refractivity contribution in [2.75, 3.05) is 0 Å².